The zero-order valence-corrected chi connectivity index (χ0v) is 14.5. The molecule has 0 aromatic rings. The van der Waals surface area contributed by atoms with Gasteiger partial charge < -0.3 is 15.3 Å². The van der Waals surface area contributed by atoms with Crippen molar-refractivity contribution in [2.24, 2.45) is 5.92 Å². The van der Waals surface area contributed by atoms with Crippen molar-refractivity contribution < 1.29 is 9.90 Å². The third kappa shape index (κ3) is 4.83. The summed E-state index contributed by atoms with van der Waals surface area (Å²) in [7, 11) is 1.79. The lowest BCUT2D eigenvalue weighted by atomic mass is 9.92. The van der Waals surface area contributed by atoms with E-state index in [2.05, 4.69) is 10.2 Å². The Morgan fingerprint density at radius 1 is 1.17 bits per heavy atom. The molecule has 0 spiro atoms. The van der Waals surface area contributed by atoms with Crippen LogP contribution in [0.3, 0.4) is 0 Å². The Balaban J connectivity index is 1.43. The summed E-state index contributed by atoms with van der Waals surface area (Å²) in [5.41, 5.74) is 0. The number of likely N-dealkylation sites (N-methyl/N-ethyl adjacent to an activating group) is 1. The number of aliphatic hydroxyl groups is 1. The van der Waals surface area contributed by atoms with Crippen LogP contribution in [-0.4, -0.2) is 65.8 Å². The van der Waals surface area contributed by atoms with E-state index in [1.165, 1.54) is 45.1 Å². The van der Waals surface area contributed by atoms with Gasteiger partial charge in [0.25, 0.3) is 0 Å². The molecule has 2 aliphatic carbocycles. The average molecular weight is 323 g/mol. The van der Waals surface area contributed by atoms with E-state index in [1.807, 2.05) is 0 Å². The van der Waals surface area contributed by atoms with E-state index in [-0.39, 0.29) is 18.2 Å². The van der Waals surface area contributed by atoms with Crippen LogP contribution in [0.5, 0.6) is 0 Å². The molecular weight excluding hydrogens is 290 g/mol. The number of urea groups is 1. The summed E-state index contributed by atoms with van der Waals surface area (Å²) in [6.07, 6.45) is 10.9. The molecule has 23 heavy (non-hydrogen) atoms. The number of likely N-dealkylation sites (tertiary alicyclic amines) is 1. The first-order valence-corrected chi connectivity index (χ1v) is 9.57. The number of nitrogens with one attached hydrogen (secondary N) is 1. The maximum absolute atomic E-state index is 12.4. The number of carbonyl (C=O) groups is 1. The molecule has 5 heteroatoms. The lowest BCUT2D eigenvalue weighted by Crippen LogP contribution is -2.54. The second kappa shape index (κ2) is 7.84. The maximum atomic E-state index is 12.4. The van der Waals surface area contributed by atoms with E-state index in [4.69, 9.17) is 0 Å². The molecule has 2 N–H and O–H groups in total. The molecule has 3 fully saturated rings. The van der Waals surface area contributed by atoms with Gasteiger partial charge in [-0.3, -0.25) is 4.90 Å². The standard InChI is InChI=1S/C18H33N3O2/c1-20(13-17(22)14-9-10-14)18(23)19-15-6-5-11-21(12-15)16-7-3-2-4-8-16/h14-17,22H,2-13H2,1H3,(H,19,23). The molecule has 3 aliphatic rings. The highest BCUT2D eigenvalue weighted by atomic mass is 16.3. The normalized spacial score (nSPS) is 28.3. The van der Waals surface area contributed by atoms with E-state index in [9.17, 15) is 9.90 Å². The van der Waals surface area contributed by atoms with Crippen molar-refractivity contribution in [2.45, 2.75) is 76.0 Å². The Hall–Kier alpha value is -0.810. The van der Waals surface area contributed by atoms with Crippen molar-refractivity contribution in [1.29, 1.82) is 0 Å². The molecule has 2 amide bonds. The summed E-state index contributed by atoms with van der Waals surface area (Å²) in [6.45, 7) is 2.64. The molecule has 0 bridgehead atoms. The summed E-state index contributed by atoms with van der Waals surface area (Å²) >= 11 is 0. The van der Waals surface area contributed by atoms with Gasteiger partial charge in [-0.1, -0.05) is 19.3 Å². The van der Waals surface area contributed by atoms with Crippen LogP contribution in [-0.2, 0) is 0 Å². The van der Waals surface area contributed by atoms with E-state index < -0.39 is 0 Å². The van der Waals surface area contributed by atoms with Gasteiger partial charge >= 0.3 is 6.03 Å². The van der Waals surface area contributed by atoms with Crippen LogP contribution in [0.15, 0.2) is 0 Å². The summed E-state index contributed by atoms with van der Waals surface area (Å²) in [4.78, 5) is 16.6. The van der Waals surface area contributed by atoms with Crippen LogP contribution < -0.4 is 5.32 Å². The van der Waals surface area contributed by atoms with Gasteiger partial charge in [0, 0.05) is 32.2 Å². The number of carbonyl (C=O) groups excluding carboxylic acids is 1. The summed E-state index contributed by atoms with van der Waals surface area (Å²) in [5, 5.41) is 13.2. The van der Waals surface area contributed by atoms with Crippen molar-refractivity contribution in [2.75, 3.05) is 26.7 Å². The number of hydrogen-bond donors (Lipinski definition) is 2. The van der Waals surface area contributed by atoms with Gasteiger partial charge in [0.2, 0.25) is 0 Å². The quantitative estimate of drug-likeness (QED) is 0.815. The number of amides is 2. The Bertz CT molecular complexity index is 394. The van der Waals surface area contributed by atoms with E-state index in [1.54, 1.807) is 11.9 Å². The molecule has 2 atom stereocenters. The van der Waals surface area contributed by atoms with Crippen LogP contribution in [0, 0.1) is 5.92 Å². The fourth-order valence-corrected chi connectivity index (χ4v) is 4.18. The fourth-order valence-electron chi connectivity index (χ4n) is 4.18. The average Bonchev–Trinajstić information content (AvgIpc) is 3.41. The molecule has 2 saturated carbocycles. The van der Waals surface area contributed by atoms with Crippen LogP contribution >= 0.6 is 0 Å². The van der Waals surface area contributed by atoms with Crippen molar-refractivity contribution in [3.63, 3.8) is 0 Å². The molecular formula is C18H33N3O2. The highest BCUT2D eigenvalue weighted by Crippen LogP contribution is 2.32. The lowest BCUT2D eigenvalue weighted by molar-refractivity contribution is 0.0991. The molecule has 2 unspecified atom stereocenters. The first-order valence-electron chi connectivity index (χ1n) is 9.57. The van der Waals surface area contributed by atoms with Crippen LogP contribution in [0.4, 0.5) is 4.79 Å². The predicted molar refractivity (Wildman–Crippen MR) is 91.4 cm³/mol. The van der Waals surface area contributed by atoms with Crippen LogP contribution in [0.1, 0.15) is 57.8 Å². The maximum Gasteiger partial charge on any atom is 0.317 e. The smallest absolute Gasteiger partial charge is 0.317 e. The van der Waals surface area contributed by atoms with Gasteiger partial charge in [-0.15, -0.1) is 0 Å². The van der Waals surface area contributed by atoms with Gasteiger partial charge in [-0.25, -0.2) is 4.79 Å². The van der Waals surface area contributed by atoms with Crippen LogP contribution in [0.25, 0.3) is 0 Å². The molecule has 1 aliphatic heterocycles. The topological polar surface area (TPSA) is 55.8 Å². The summed E-state index contributed by atoms with van der Waals surface area (Å²) < 4.78 is 0. The minimum absolute atomic E-state index is 0.0276. The second-order valence-corrected chi connectivity index (χ2v) is 7.86. The minimum Gasteiger partial charge on any atom is -0.391 e. The van der Waals surface area contributed by atoms with Gasteiger partial charge in [0.05, 0.1) is 6.10 Å². The highest BCUT2D eigenvalue weighted by molar-refractivity contribution is 5.74. The molecule has 5 nitrogen and oxygen atoms in total. The Morgan fingerprint density at radius 2 is 1.91 bits per heavy atom. The van der Waals surface area contributed by atoms with Crippen molar-refractivity contribution in [3.05, 3.63) is 0 Å². The molecule has 1 heterocycles. The number of aliphatic hydroxyl groups excluding tert-OH is 1. The van der Waals surface area contributed by atoms with E-state index >= 15 is 0 Å². The highest BCUT2D eigenvalue weighted by Gasteiger charge is 2.32. The Labute approximate surface area is 140 Å². The number of piperidine rings is 1. The fraction of sp³-hybridized carbons (Fsp3) is 0.944. The Kier molecular flexibility index (Phi) is 5.81. The number of nitrogens with zero attached hydrogens (tertiary/aromatic N) is 2. The van der Waals surface area contributed by atoms with Crippen LogP contribution in [0.2, 0.25) is 0 Å². The SMILES string of the molecule is CN(CC(O)C1CC1)C(=O)NC1CCCN(C2CCCCC2)C1. The molecule has 0 radical (unpaired) electrons. The van der Waals surface area contributed by atoms with Crippen molar-refractivity contribution in [1.82, 2.24) is 15.1 Å². The monoisotopic (exact) mass is 323 g/mol. The predicted octanol–water partition coefficient (Wildman–Crippen LogP) is 2.20. The van der Waals surface area contributed by atoms with Gasteiger partial charge in [-0.2, -0.15) is 0 Å². The van der Waals surface area contributed by atoms with Gasteiger partial charge in [0.1, 0.15) is 0 Å². The summed E-state index contributed by atoms with van der Waals surface area (Å²) in [6, 6.07) is 0.969. The molecule has 1 saturated heterocycles. The molecule has 0 aromatic carbocycles. The summed E-state index contributed by atoms with van der Waals surface area (Å²) in [5.74, 6) is 0.418. The second-order valence-electron chi connectivity index (χ2n) is 7.86. The van der Waals surface area contributed by atoms with E-state index in [0.717, 1.165) is 31.8 Å². The first-order chi connectivity index (χ1) is 11.1. The minimum atomic E-state index is -0.351. The van der Waals surface area contributed by atoms with Crippen molar-refractivity contribution >= 4 is 6.03 Å². The third-order valence-corrected chi connectivity index (χ3v) is 5.85. The zero-order valence-electron chi connectivity index (χ0n) is 14.5. The third-order valence-electron chi connectivity index (χ3n) is 5.85. The largest absolute Gasteiger partial charge is 0.391 e. The Morgan fingerprint density at radius 3 is 2.61 bits per heavy atom. The van der Waals surface area contributed by atoms with Gasteiger partial charge in [0.15, 0.2) is 0 Å². The molecule has 3 rings (SSSR count). The van der Waals surface area contributed by atoms with Gasteiger partial charge in [-0.05, 0) is 51.0 Å². The number of rotatable bonds is 5. The zero-order chi connectivity index (χ0) is 16.2. The van der Waals surface area contributed by atoms with E-state index in [0.29, 0.717) is 12.5 Å². The lowest BCUT2D eigenvalue weighted by Gasteiger charge is -2.40. The molecule has 0 aromatic heterocycles. The van der Waals surface area contributed by atoms with Crippen molar-refractivity contribution in [3.8, 4) is 0 Å². The first kappa shape index (κ1) is 17.0. The molecule has 132 valence electrons. The number of hydrogen-bond acceptors (Lipinski definition) is 3.